The van der Waals surface area contributed by atoms with Crippen molar-refractivity contribution in [3.05, 3.63) is 77.4 Å². The molecule has 0 aliphatic carbocycles. The lowest BCUT2D eigenvalue weighted by Gasteiger charge is -2.37. The van der Waals surface area contributed by atoms with Crippen LogP contribution in [0.25, 0.3) is 0 Å². The second-order valence-electron chi connectivity index (χ2n) is 7.48. The number of amides is 2. The van der Waals surface area contributed by atoms with Crippen molar-refractivity contribution in [1.82, 2.24) is 20.2 Å². The topological polar surface area (TPSA) is 90.1 Å². The smallest absolute Gasteiger partial charge is 0.251 e. The molecule has 7 heteroatoms. The van der Waals surface area contributed by atoms with Crippen molar-refractivity contribution >= 4 is 23.2 Å². The number of nitrogens with one attached hydrogen (secondary N) is 3. The standard InChI is InChI=1S/C22H21N5O2/c1-13-22(29)27-9-8-18-19(24-12-23-18)20(27)14-4-2-6-16(10-14)26-17-7-3-5-15(11-17)21(28)25-13/h2-7,10-13,20,26H,8-9H2,1H3,(H,23,24)(H,25,28). The second-order valence-corrected chi connectivity index (χ2v) is 7.48. The fourth-order valence-corrected chi connectivity index (χ4v) is 4.13. The van der Waals surface area contributed by atoms with Crippen molar-refractivity contribution in [3.8, 4) is 0 Å². The second kappa shape index (κ2) is 6.77. The van der Waals surface area contributed by atoms with E-state index in [2.05, 4.69) is 20.6 Å². The molecule has 2 aromatic carbocycles. The van der Waals surface area contributed by atoms with Gasteiger partial charge in [0.25, 0.3) is 5.91 Å². The minimum absolute atomic E-state index is 0.120. The van der Waals surface area contributed by atoms with Crippen molar-refractivity contribution in [2.24, 2.45) is 0 Å². The van der Waals surface area contributed by atoms with Crippen LogP contribution in [0.5, 0.6) is 0 Å². The van der Waals surface area contributed by atoms with Crippen LogP contribution >= 0.6 is 0 Å². The highest BCUT2D eigenvalue weighted by Crippen LogP contribution is 2.35. The summed E-state index contributed by atoms with van der Waals surface area (Å²) >= 11 is 0. The highest BCUT2D eigenvalue weighted by Gasteiger charge is 2.36. The fourth-order valence-electron chi connectivity index (χ4n) is 4.13. The average molecular weight is 387 g/mol. The van der Waals surface area contributed by atoms with Gasteiger partial charge in [-0.15, -0.1) is 0 Å². The molecule has 0 saturated heterocycles. The quantitative estimate of drug-likeness (QED) is 0.553. The number of hydrogen-bond acceptors (Lipinski definition) is 4. The molecule has 3 N–H and O–H groups in total. The van der Waals surface area contributed by atoms with E-state index < -0.39 is 6.04 Å². The number of benzene rings is 2. The zero-order valence-corrected chi connectivity index (χ0v) is 16.0. The van der Waals surface area contributed by atoms with E-state index in [1.165, 1.54) is 0 Å². The Bertz CT molecular complexity index is 1110. The summed E-state index contributed by atoms with van der Waals surface area (Å²) in [5.41, 5.74) is 5.09. The van der Waals surface area contributed by atoms with Gasteiger partial charge in [0.2, 0.25) is 5.91 Å². The Morgan fingerprint density at radius 2 is 1.86 bits per heavy atom. The number of fused-ring (bicyclic) bond motifs is 8. The fraction of sp³-hybridized carbons (Fsp3) is 0.227. The van der Waals surface area contributed by atoms with Crippen LogP contribution in [-0.2, 0) is 11.2 Å². The normalized spacial score (nSPS) is 20.9. The van der Waals surface area contributed by atoms with Gasteiger partial charge in [-0.1, -0.05) is 18.2 Å². The Morgan fingerprint density at radius 1 is 1.07 bits per heavy atom. The Balaban J connectivity index is 1.67. The summed E-state index contributed by atoms with van der Waals surface area (Å²) in [5, 5.41) is 6.22. The molecule has 2 atom stereocenters. The molecule has 0 radical (unpaired) electrons. The van der Waals surface area contributed by atoms with E-state index >= 15 is 0 Å². The van der Waals surface area contributed by atoms with Crippen LogP contribution in [0.4, 0.5) is 11.4 Å². The molecule has 2 aliphatic rings. The molecule has 4 bridgehead atoms. The molecule has 146 valence electrons. The highest BCUT2D eigenvalue weighted by atomic mass is 16.2. The number of carbonyl (C=O) groups excluding carboxylic acids is 2. The Morgan fingerprint density at radius 3 is 2.72 bits per heavy atom. The van der Waals surface area contributed by atoms with Crippen LogP contribution in [0.2, 0.25) is 0 Å². The van der Waals surface area contributed by atoms with Crippen LogP contribution in [-0.4, -0.2) is 39.3 Å². The molecule has 0 saturated carbocycles. The summed E-state index contributed by atoms with van der Waals surface area (Å²) in [4.78, 5) is 35.6. The first-order valence-electron chi connectivity index (χ1n) is 9.71. The average Bonchev–Trinajstić information content (AvgIpc) is 3.21. The summed E-state index contributed by atoms with van der Waals surface area (Å²) in [5.74, 6) is -0.389. The number of aromatic amines is 1. The molecule has 2 aliphatic heterocycles. The van der Waals surface area contributed by atoms with Crippen molar-refractivity contribution in [2.45, 2.75) is 25.4 Å². The zero-order valence-electron chi connectivity index (χ0n) is 16.0. The van der Waals surface area contributed by atoms with Crippen LogP contribution < -0.4 is 10.6 Å². The van der Waals surface area contributed by atoms with Crippen molar-refractivity contribution in [1.29, 1.82) is 0 Å². The number of hydrogen-bond donors (Lipinski definition) is 3. The first-order valence-corrected chi connectivity index (χ1v) is 9.71. The summed E-state index contributed by atoms with van der Waals surface area (Å²) in [6, 6.07) is 14.3. The maximum absolute atomic E-state index is 13.3. The van der Waals surface area contributed by atoms with Gasteiger partial charge in [0.15, 0.2) is 0 Å². The lowest BCUT2D eigenvalue weighted by atomic mass is 9.94. The minimum Gasteiger partial charge on any atom is -0.355 e. The molecule has 0 spiro atoms. The van der Waals surface area contributed by atoms with Crippen molar-refractivity contribution in [2.75, 3.05) is 11.9 Å². The van der Waals surface area contributed by atoms with Crippen molar-refractivity contribution < 1.29 is 9.59 Å². The van der Waals surface area contributed by atoms with Gasteiger partial charge >= 0.3 is 0 Å². The van der Waals surface area contributed by atoms with E-state index in [1.807, 2.05) is 41.3 Å². The Hall–Kier alpha value is -3.61. The van der Waals surface area contributed by atoms with Crippen molar-refractivity contribution in [3.63, 3.8) is 0 Å². The third-order valence-electron chi connectivity index (χ3n) is 5.54. The Kier molecular flexibility index (Phi) is 4.08. The van der Waals surface area contributed by atoms with E-state index in [0.717, 1.165) is 28.3 Å². The largest absolute Gasteiger partial charge is 0.355 e. The number of H-pyrrole nitrogens is 1. The van der Waals surface area contributed by atoms with Gasteiger partial charge in [0.05, 0.1) is 12.0 Å². The molecule has 3 heterocycles. The number of imidazole rings is 1. The summed E-state index contributed by atoms with van der Waals surface area (Å²) in [6.07, 6.45) is 2.38. The van der Waals surface area contributed by atoms with Gasteiger partial charge in [0, 0.05) is 35.6 Å². The van der Waals surface area contributed by atoms with E-state index in [4.69, 9.17) is 0 Å². The Labute approximate surface area is 168 Å². The zero-order chi connectivity index (χ0) is 20.0. The van der Waals surface area contributed by atoms with Crippen LogP contribution in [0.15, 0.2) is 54.9 Å². The SMILES string of the molecule is CC1NC(=O)c2cccc(c2)Nc2cccc(c2)C2c3nc[nH]c3CCN2C1=O. The van der Waals surface area contributed by atoms with Gasteiger partial charge in [-0.25, -0.2) is 4.98 Å². The molecular weight excluding hydrogens is 366 g/mol. The molecular formula is C22H21N5O2. The van der Waals surface area contributed by atoms with E-state index in [1.54, 1.807) is 25.4 Å². The molecule has 2 unspecified atom stereocenters. The molecule has 2 amide bonds. The minimum atomic E-state index is -0.647. The predicted molar refractivity (Wildman–Crippen MR) is 109 cm³/mol. The van der Waals surface area contributed by atoms with Gasteiger partial charge in [0.1, 0.15) is 12.1 Å². The monoisotopic (exact) mass is 387 g/mol. The van der Waals surface area contributed by atoms with Crippen LogP contribution in [0.3, 0.4) is 0 Å². The van der Waals surface area contributed by atoms with E-state index in [9.17, 15) is 9.59 Å². The number of aromatic nitrogens is 2. The first-order chi connectivity index (χ1) is 14.1. The van der Waals surface area contributed by atoms with Gasteiger partial charge < -0.3 is 20.5 Å². The maximum Gasteiger partial charge on any atom is 0.251 e. The van der Waals surface area contributed by atoms with E-state index in [-0.39, 0.29) is 17.9 Å². The third kappa shape index (κ3) is 3.04. The molecule has 5 rings (SSSR count). The molecule has 7 nitrogen and oxygen atoms in total. The lowest BCUT2D eigenvalue weighted by molar-refractivity contribution is -0.135. The summed E-state index contributed by atoms with van der Waals surface area (Å²) in [7, 11) is 0. The van der Waals surface area contributed by atoms with Gasteiger partial charge in [-0.3, -0.25) is 9.59 Å². The van der Waals surface area contributed by atoms with Crippen LogP contribution in [0.1, 0.15) is 40.3 Å². The number of carbonyl (C=O) groups is 2. The first kappa shape index (κ1) is 17.5. The molecule has 3 aromatic rings. The molecule has 29 heavy (non-hydrogen) atoms. The predicted octanol–water partition coefficient (Wildman–Crippen LogP) is 2.76. The molecule has 0 fully saturated rings. The number of anilines is 2. The number of nitrogens with zero attached hydrogens (tertiary/aromatic N) is 2. The van der Waals surface area contributed by atoms with Gasteiger partial charge in [-0.2, -0.15) is 0 Å². The molecule has 1 aromatic heterocycles. The lowest BCUT2D eigenvalue weighted by Crippen LogP contribution is -2.50. The maximum atomic E-state index is 13.3. The summed E-state index contributed by atoms with van der Waals surface area (Å²) < 4.78 is 0. The third-order valence-corrected chi connectivity index (χ3v) is 5.54. The van der Waals surface area contributed by atoms with Gasteiger partial charge in [-0.05, 0) is 42.8 Å². The van der Waals surface area contributed by atoms with E-state index in [0.29, 0.717) is 18.5 Å². The summed E-state index contributed by atoms with van der Waals surface area (Å²) in [6.45, 7) is 2.29. The number of rotatable bonds is 0. The highest BCUT2D eigenvalue weighted by molar-refractivity contribution is 5.98. The van der Waals surface area contributed by atoms with Crippen LogP contribution in [0, 0.1) is 0 Å².